The van der Waals surface area contributed by atoms with Gasteiger partial charge in [-0.05, 0) is 54.2 Å². The van der Waals surface area contributed by atoms with Crippen LogP contribution in [0, 0.1) is 35.1 Å². The molecule has 2 rings (SSSR count). The largest absolute Gasteiger partial charge is 0.130 e. The first-order valence-electron chi connectivity index (χ1n) is 7.64. The maximum atomic E-state index is 3.25. The molecule has 0 saturated carbocycles. The van der Waals surface area contributed by atoms with Crippen LogP contribution >= 0.6 is 0 Å². The van der Waals surface area contributed by atoms with Gasteiger partial charge in [0.25, 0.3) is 0 Å². The fourth-order valence-corrected chi connectivity index (χ4v) is 2.40. The first-order valence-corrected chi connectivity index (χ1v) is 11.1. The Morgan fingerprint density at radius 3 is 1.57 bits per heavy atom. The van der Waals surface area contributed by atoms with E-state index in [9.17, 15) is 0 Å². The molecule has 0 aliphatic rings. The SMILES string of the molecule is CC#Cc1ccc(-c2ccc(C#CC#C[Si](C)(C)C)cc2)cc1. The smallest absolute Gasteiger partial charge is 0.118 e. The minimum absolute atomic E-state index is 0.993. The fraction of sp³-hybridized carbons (Fsp3) is 0.182. The van der Waals surface area contributed by atoms with E-state index in [-0.39, 0.29) is 0 Å². The molecule has 0 radical (unpaired) electrons. The molecule has 0 N–H and O–H groups in total. The molecule has 0 fully saturated rings. The summed E-state index contributed by atoms with van der Waals surface area (Å²) in [5.74, 6) is 15.0. The molecule has 0 aromatic heterocycles. The molecule has 0 unspecified atom stereocenters. The van der Waals surface area contributed by atoms with Crippen LogP contribution in [0.1, 0.15) is 18.1 Å². The lowest BCUT2D eigenvalue weighted by molar-refractivity contribution is 1.57. The zero-order valence-electron chi connectivity index (χ0n) is 14.1. The van der Waals surface area contributed by atoms with Crippen LogP contribution in [0.4, 0.5) is 0 Å². The van der Waals surface area contributed by atoms with Crippen LogP contribution in [0.25, 0.3) is 11.1 Å². The van der Waals surface area contributed by atoms with E-state index in [0.717, 1.165) is 11.1 Å². The summed E-state index contributed by atoms with van der Waals surface area (Å²) < 4.78 is 0. The third-order valence-corrected chi connectivity index (χ3v) is 3.95. The van der Waals surface area contributed by atoms with Crippen molar-refractivity contribution in [1.29, 1.82) is 0 Å². The summed E-state index contributed by atoms with van der Waals surface area (Å²) in [4.78, 5) is 0. The summed E-state index contributed by atoms with van der Waals surface area (Å²) in [7, 11) is -1.33. The molecule has 2 aromatic rings. The highest BCUT2D eigenvalue weighted by Crippen LogP contribution is 2.20. The molecule has 0 saturated heterocycles. The first-order chi connectivity index (χ1) is 11.0. The topological polar surface area (TPSA) is 0 Å². The van der Waals surface area contributed by atoms with E-state index in [2.05, 4.69) is 79.1 Å². The van der Waals surface area contributed by atoms with Gasteiger partial charge in [-0.1, -0.05) is 55.7 Å². The van der Waals surface area contributed by atoms with Gasteiger partial charge in [-0.15, -0.1) is 11.5 Å². The summed E-state index contributed by atoms with van der Waals surface area (Å²) in [6.07, 6.45) is 0. The standard InChI is InChI=1S/C22H20Si/c1-5-8-19-10-14-21(15-11-19)22-16-12-20(13-17-22)9-6-7-18-23(2,3)4/h10-17H,1-4H3. The quantitative estimate of drug-likeness (QED) is 0.516. The third-order valence-electron chi connectivity index (χ3n) is 3.08. The zero-order valence-corrected chi connectivity index (χ0v) is 15.1. The fourth-order valence-electron chi connectivity index (χ4n) is 1.96. The minimum Gasteiger partial charge on any atom is -0.118 e. The Hall–Kier alpha value is -2.66. The molecule has 0 aliphatic heterocycles. The van der Waals surface area contributed by atoms with Crippen LogP contribution in [0.5, 0.6) is 0 Å². The van der Waals surface area contributed by atoms with Crippen molar-refractivity contribution in [2.45, 2.75) is 26.6 Å². The zero-order chi connectivity index (χ0) is 16.7. The van der Waals surface area contributed by atoms with Crippen LogP contribution in [0.2, 0.25) is 19.6 Å². The predicted octanol–water partition coefficient (Wildman–Crippen LogP) is 4.96. The Labute approximate surface area is 141 Å². The van der Waals surface area contributed by atoms with Crippen molar-refractivity contribution < 1.29 is 0 Å². The summed E-state index contributed by atoms with van der Waals surface area (Å²) in [6.45, 7) is 8.50. The number of rotatable bonds is 1. The van der Waals surface area contributed by atoms with Gasteiger partial charge in [-0.2, -0.15) is 0 Å². The molecule has 0 aliphatic carbocycles. The van der Waals surface area contributed by atoms with E-state index in [0.29, 0.717) is 0 Å². The number of benzene rings is 2. The molecule has 0 heterocycles. The number of hydrogen-bond acceptors (Lipinski definition) is 0. The Bertz CT molecular complexity index is 844. The second-order valence-corrected chi connectivity index (χ2v) is 11.0. The molecule has 112 valence electrons. The van der Waals surface area contributed by atoms with Crippen LogP contribution in [0.15, 0.2) is 48.5 Å². The highest BCUT2D eigenvalue weighted by molar-refractivity contribution is 6.83. The molecule has 0 amide bonds. The molecule has 0 atom stereocenters. The van der Waals surface area contributed by atoms with E-state index in [4.69, 9.17) is 0 Å². The van der Waals surface area contributed by atoms with Crippen molar-refractivity contribution in [2.24, 2.45) is 0 Å². The van der Waals surface area contributed by atoms with Crippen LogP contribution in [-0.4, -0.2) is 8.07 Å². The maximum absolute atomic E-state index is 3.25. The second-order valence-electron chi connectivity index (χ2n) is 6.28. The Kier molecular flexibility index (Phi) is 5.49. The third kappa shape index (κ3) is 5.56. The van der Waals surface area contributed by atoms with Crippen molar-refractivity contribution in [3.05, 3.63) is 59.7 Å². The van der Waals surface area contributed by atoms with Crippen molar-refractivity contribution in [1.82, 2.24) is 0 Å². The van der Waals surface area contributed by atoms with Crippen molar-refractivity contribution >= 4 is 8.07 Å². The van der Waals surface area contributed by atoms with Gasteiger partial charge >= 0.3 is 0 Å². The first kappa shape index (κ1) is 16.7. The Balaban J connectivity index is 2.14. The normalized spacial score (nSPS) is 9.57. The van der Waals surface area contributed by atoms with Gasteiger partial charge in [0.1, 0.15) is 8.07 Å². The van der Waals surface area contributed by atoms with E-state index < -0.39 is 8.07 Å². The maximum Gasteiger partial charge on any atom is 0.130 e. The summed E-state index contributed by atoms with van der Waals surface area (Å²) in [5, 5.41) is 0. The average molecular weight is 312 g/mol. The lowest BCUT2D eigenvalue weighted by Crippen LogP contribution is -2.16. The molecular formula is C22H20Si. The molecule has 1 heteroatoms. The molecule has 23 heavy (non-hydrogen) atoms. The van der Waals surface area contributed by atoms with Gasteiger partial charge in [-0.25, -0.2) is 0 Å². The summed E-state index contributed by atoms with van der Waals surface area (Å²) >= 11 is 0. The summed E-state index contributed by atoms with van der Waals surface area (Å²) in [6, 6.07) is 16.6. The van der Waals surface area contributed by atoms with Gasteiger partial charge in [0.2, 0.25) is 0 Å². The second kappa shape index (κ2) is 7.55. The molecular weight excluding hydrogens is 292 g/mol. The van der Waals surface area contributed by atoms with Crippen molar-refractivity contribution in [3.63, 3.8) is 0 Å². The van der Waals surface area contributed by atoms with Crippen molar-refractivity contribution in [2.75, 3.05) is 0 Å². The van der Waals surface area contributed by atoms with Crippen LogP contribution < -0.4 is 0 Å². The van der Waals surface area contributed by atoms with Gasteiger partial charge in [0.05, 0.1) is 0 Å². The predicted molar refractivity (Wildman–Crippen MR) is 102 cm³/mol. The lowest BCUT2D eigenvalue weighted by atomic mass is 10.0. The lowest BCUT2D eigenvalue weighted by Gasteiger charge is -2.02. The van der Waals surface area contributed by atoms with Crippen molar-refractivity contribution in [3.8, 4) is 46.3 Å². The summed E-state index contributed by atoms with van der Waals surface area (Å²) in [5.41, 5.74) is 7.65. The average Bonchev–Trinajstić information content (AvgIpc) is 2.52. The minimum atomic E-state index is -1.33. The van der Waals surface area contributed by atoms with Gasteiger partial charge in [0, 0.05) is 11.1 Å². The van der Waals surface area contributed by atoms with Gasteiger partial charge in [0.15, 0.2) is 0 Å². The van der Waals surface area contributed by atoms with Crippen LogP contribution in [-0.2, 0) is 0 Å². The number of hydrogen-bond donors (Lipinski definition) is 0. The molecule has 0 spiro atoms. The van der Waals surface area contributed by atoms with Crippen LogP contribution in [0.3, 0.4) is 0 Å². The molecule has 0 bridgehead atoms. The van der Waals surface area contributed by atoms with Gasteiger partial charge in [-0.3, -0.25) is 0 Å². The highest BCUT2D eigenvalue weighted by atomic mass is 28.3. The molecule has 2 aromatic carbocycles. The van der Waals surface area contributed by atoms with E-state index in [1.165, 1.54) is 11.1 Å². The Morgan fingerprint density at radius 1 is 0.652 bits per heavy atom. The van der Waals surface area contributed by atoms with E-state index in [1.807, 2.05) is 31.2 Å². The van der Waals surface area contributed by atoms with Gasteiger partial charge < -0.3 is 0 Å². The Morgan fingerprint density at radius 2 is 1.13 bits per heavy atom. The highest BCUT2D eigenvalue weighted by Gasteiger charge is 2.06. The molecule has 0 nitrogen and oxygen atoms in total. The monoisotopic (exact) mass is 312 g/mol. The van der Waals surface area contributed by atoms with E-state index >= 15 is 0 Å². The van der Waals surface area contributed by atoms with E-state index in [1.54, 1.807) is 0 Å².